The molecule has 3 aromatic carbocycles. The number of rotatable bonds is 5. The third-order valence-corrected chi connectivity index (χ3v) is 6.23. The number of aromatic nitrogens is 3. The minimum atomic E-state index is -0.388. The fourth-order valence-electron chi connectivity index (χ4n) is 4.42. The van der Waals surface area contributed by atoms with Crippen molar-refractivity contribution < 1.29 is 9.18 Å². The Kier molecular flexibility index (Phi) is 5.68. The predicted molar refractivity (Wildman–Crippen MR) is 135 cm³/mol. The fraction of sp³-hybridized carbons (Fsp3) is 0.179. The molecule has 0 aliphatic carbocycles. The minimum Gasteiger partial charge on any atom is -0.344 e. The van der Waals surface area contributed by atoms with Crippen LogP contribution < -0.4 is 10.9 Å². The Hall–Kier alpha value is -4.26. The van der Waals surface area contributed by atoms with Crippen LogP contribution in [-0.4, -0.2) is 20.5 Å². The maximum absolute atomic E-state index is 13.3. The van der Waals surface area contributed by atoms with Crippen molar-refractivity contribution in [3.63, 3.8) is 0 Å². The SMILES string of the molecule is CC(C)c1c(C(=O)NC(C)c2ccc(F)cc2)nn2cc(-c3ccc4ccccc4c3)[nH]c(=O)c12. The van der Waals surface area contributed by atoms with Gasteiger partial charge in [0.25, 0.3) is 11.5 Å². The second-order valence-electron chi connectivity index (χ2n) is 9.02. The van der Waals surface area contributed by atoms with Crippen LogP contribution in [0.3, 0.4) is 0 Å². The number of amides is 1. The number of nitrogens with one attached hydrogen (secondary N) is 2. The molecule has 1 amide bonds. The lowest BCUT2D eigenvalue weighted by Gasteiger charge is -2.14. The number of aromatic amines is 1. The highest BCUT2D eigenvalue weighted by atomic mass is 19.1. The quantitative estimate of drug-likeness (QED) is 0.353. The molecule has 2 aromatic heterocycles. The molecule has 35 heavy (non-hydrogen) atoms. The van der Waals surface area contributed by atoms with Crippen LogP contribution in [0.5, 0.6) is 0 Å². The van der Waals surface area contributed by atoms with Gasteiger partial charge in [-0.25, -0.2) is 8.91 Å². The molecule has 0 bridgehead atoms. The van der Waals surface area contributed by atoms with Crippen LogP contribution in [-0.2, 0) is 0 Å². The number of carbonyl (C=O) groups excluding carboxylic acids is 1. The number of carbonyl (C=O) groups is 1. The zero-order valence-corrected chi connectivity index (χ0v) is 19.7. The summed E-state index contributed by atoms with van der Waals surface area (Å²) in [4.78, 5) is 29.4. The van der Waals surface area contributed by atoms with E-state index < -0.39 is 0 Å². The van der Waals surface area contributed by atoms with Gasteiger partial charge in [-0.3, -0.25) is 9.59 Å². The number of halogens is 1. The Bertz CT molecular complexity index is 1620. The molecule has 176 valence electrons. The van der Waals surface area contributed by atoms with Gasteiger partial charge in [0.1, 0.15) is 11.3 Å². The minimum absolute atomic E-state index is 0.109. The standard InChI is InChI=1S/C28H25FN4O2/c1-16(2)24-25(27(34)30-17(3)18-10-12-22(29)13-11-18)32-33-15-23(31-28(35)26(24)33)21-9-8-19-6-4-5-7-20(19)14-21/h4-17H,1-3H3,(H,30,34)(H,31,35). The Balaban J connectivity index is 1.56. The molecule has 1 atom stereocenters. The maximum atomic E-state index is 13.3. The molecule has 2 heterocycles. The Morgan fingerprint density at radius 2 is 1.71 bits per heavy atom. The highest BCUT2D eigenvalue weighted by Crippen LogP contribution is 2.26. The predicted octanol–water partition coefficient (Wildman–Crippen LogP) is 5.60. The van der Waals surface area contributed by atoms with E-state index >= 15 is 0 Å². The van der Waals surface area contributed by atoms with Gasteiger partial charge in [0.2, 0.25) is 0 Å². The van der Waals surface area contributed by atoms with E-state index in [9.17, 15) is 14.0 Å². The largest absolute Gasteiger partial charge is 0.344 e. The molecular weight excluding hydrogens is 443 g/mol. The van der Waals surface area contributed by atoms with Crippen LogP contribution in [0, 0.1) is 5.82 Å². The van der Waals surface area contributed by atoms with E-state index in [4.69, 9.17) is 0 Å². The first-order valence-electron chi connectivity index (χ1n) is 11.5. The Morgan fingerprint density at radius 3 is 2.43 bits per heavy atom. The molecule has 0 aliphatic heterocycles. The summed E-state index contributed by atoms with van der Waals surface area (Å²) in [7, 11) is 0. The molecule has 0 aliphatic rings. The third-order valence-electron chi connectivity index (χ3n) is 6.23. The van der Waals surface area contributed by atoms with E-state index in [1.54, 1.807) is 18.3 Å². The lowest BCUT2D eigenvalue weighted by atomic mass is 10.0. The van der Waals surface area contributed by atoms with E-state index in [1.807, 2.05) is 63.2 Å². The first kappa shape index (κ1) is 22.5. The molecule has 7 heteroatoms. The number of benzene rings is 3. The van der Waals surface area contributed by atoms with Crippen LogP contribution in [0.1, 0.15) is 54.3 Å². The molecule has 0 saturated carbocycles. The van der Waals surface area contributed by atoms with Gasteiger partial charge in [0.15, 0.2) is 5.69 Å². The zero-order valence-electron chi connectivity index (χ0n) is 19.7. The fourth-order valence-corrected chi connectivity index (χ4v) is 4.42. The molecule has 0 spiro atoms. The highest BCUT2D eigenvalue weighted by molar-refractivity contribution is 5.96. The second kappa shape index (κ2) is 8.83. The summed E-state index contributed by atoms with van der Waals surface area (Å²) in [5, 5.41) is 9.62. The molecule has 0 saturated heterocycles. The van der Waals surface area contributed by atoms with Gasteiger partial charge < -0.3 is 10.3 Å². The Labute approximate surface area is 201 Å². The molecule has 5 rings (SSSR count). The summed E-state index contributed by atoms with van der Waals surface area (Å²) >= 11 is 0. The molecule has 0 fully saturated rings. The topological polar surface area (TPSA) is 79.3 Å². The number of H-pyrrole nitrogens is 1. The molecular formula is C28H25FN4O2. The van der Waals surface area contributed by atoms with E-state index in [0.717, 1.165) is 21.9 Å². The summed E-state index contributed by atoms with van der Waals surface area (Å²) < 4.78 is 14.8. The smallest absolute Gasteiger partial charge is 0.274 e. The average molecular weight is 469 g/mol. The summed E-state index contributed by atoms with van der Waals surface area (Å²) in [5.74, 6) is -0.834. The van der Waals surface area contributed by atoms with Gasteiger partial charge in [-0.05, 0) is 47.4 Å². The van der Waals surface area contributed by atoms with Crippen LogP contribution in [0.15, 0.2) is 77.7 Å². The van der Waals surface area contributed by atoms with Crippen molar-refractivity contribution in [1.82, 2.24) is 19.9 Å². The van der Waals surface area contributed by atoms with E-state index in [0.29, 0.717) is 16.8 Å². The van der Waals surface area contributed by atoms with Crippen molar-refractivity contribution in [3.8, 4) is 11.3 Å². The summed E-state index contributed by atoms with van der Waals surface area (Å²) in [6.07, 6.45) is 1.74. The third kappa shape index (κ3) is 4.21. The summed E-state index contributed by atoms with van der Waals surface area (Å²) in [5.41, 5.74) is 3.06. The maximum Gasteiger partial charge on any atom is 0.274 e. The van der Waals surface area contributed by atoms with Crippen LogP contribution in [0.25, 0.3) is 27.5 Å². The summed E-state index contributed by atoms with van der Waals surface area (Å²) in [6, 6.07) is 19.6. The molecule has 5 aromatic rings. The van der Waals surface area contributed by atoms with Crippen molar-refractivity contribution in [2.45, 2.75) is 32.7 Å². The lowest BCUT2D eigenvalue weighted by molar-refractivity contribution is 0.0933. The number of fused-ring (bicyclic) bond motifs is 2. The first-order valence-corrected chi connectivity index (χ1v) is 11.5. The molecule has 0 radical (unpaired) electrons. The highest BCUT2D eigenvalue weighted by Gasteiger charge is 2.25. The van der Waals surface area contributed by atoms with Gasteiger partial charge in [0, 0.05) is 11.1 Å². The van der Waals surface area contributed by atoms with E-state index in [1.165, 1.54) is 16.6 Å². The zero-order chi connectivity index (χ0) is 24.7. The van der Waals surface area contributed by atoms with Crippen LogP contribution in [0.2, 0.25) is 0 Å². The number of nitrogens with zero attached hydrogens (tertiary/aromatic N) is 2. The molecule has 1 unspecified atom stereocenters. The lowest BCUT2D eigenvalue weighted by Crippen LogP contribution is -2.28. The summed E-state index contributed by atoms with van der Waals surface area (Å²) in [6.45, 7) is 5.67. The monoisotopic (exact) mass is 468 g/mol. The average Bonchev–Trinajstić information content (AvgIpc) is 3.25. The first-order chi connectivity index (χ1) is 16.8. The van der Waals surface area contributed by atoms with Gasteiger partial charge in [0.05, 0.1) is 17.9 Å². The van der Waals surface area contributed by atoms with Gasteiger partial charge >= 0.3 is 0 Å². The normalized spacial score (nSPS) is 12.4. The van der Waals surface area contributed by atoms with Crippen molar-refractivity contribution in [2.24, 2.45) is 0 Å². The van der Waals surface area contributed by atoms with Crippen molar-refractivity contribution in [2.75, 3.05) is 0 Å². The van der Waals surface area contributed by atoms with Crippen molar-refractivity contribution in [3.05, 3.63) is 106 Å². The van der Waals surface area contributed by atoms with Gasteiger partial charge in [-0.2, -0.15) is 5.10 Å². The van der Waals surface area contributed by atoms with Crippen molar-refractivity contribution in [1.29, 1.82) is 0 Å². The van der Waals surface area contributed by atoms with Gasteiger partial charge in [-0.15, -0.1) is 0 Å². The van der Waals surface area contributed by atoms with E-state index in [-0.39, 0.29) is 34.9 Å². The molecule has 6 nitrogen and oxygen atoms in total. The van der Waals surface area contributed by atoms with Crippen LogP contribution in [0.4, 0.5) is 4.39 Å². The second-order valence-corrected chi connectivity index (χ2v) is 9.02. The molecule has 2 N–H and O–H groups in total. The van der Waals surface area contributed by atoms with Gasteiger partial charge in [-0.1, -0.05) is 62.4 Å². The van der Waals surface area contributed by atoms with Crippen LogP contribution >= 0.6 is 0 Å². The number of hydrogen-bond acceptors (Lipinski definition) is 3. The number of hydrogen-bond donors (Lipinski definition) is 2. The van der Waals surface area contributed by atoms with Crippen molar-refractivity contribution >= 4 is 22.2 Å². The Morgan fingerprint density at radius 1 is 1.00 bits per heavy atom. The van der Waals surface area contributed by atoms with E-state index in [2.05, 4.69) is 15.4 Å².